The highest BCUT2D eigenvalue weighted by molar-refractivity contribution is 5.84. The number of amides is 2. The van der Waals surface area contributed by atoms with Crippen LogP contribution < -0.4 is 10.6 Å². The molecule has 0 heterocycles. The molecule has 3 rings (SSSR count). The van der Waals surface area contributed by atoms with Gasteiger partial charge in [0, 0.05) is 18.4 Å². The molecule has 2 amide bonds. The monoisotopic (exact) mass is 438 g/mol. The summed E-state index contributed by atoms with van der Waals surface area (Å²) >= 11 is 0. The van der Waals surface area contributed by atoms with E-state index in [4.69, 9.17) is 9.84 Å². The van der Waals surface area contributed by atoms with Gasteiger partial charge < -0.3 is 20.5 Å². The molecular weight excluding hydrogens is 408 g/mol. The van der Waals surface area contributed by atoms with Crippen LogP contribution in [0.1, 0.15) is 56.6 Å². The first kappa shape index (κ1) is 23.3. The number of hydrogen-bond donors (Lipinski definition) is 3. The highest BCUT2D eigenvalue weighted by Gasteiger charge is 2.29. The van der Waals surface area contributed by atoms with Crippen LogP contribution in [0.15, 0.2) is 48.5 Å². The molecule has 1 aliphatic carbocycles. The fourth-order valence-corrected chi connectivity index (χ4v) is 4.07. The number of nitrogens with one attached hydrogen (secondary N) is 2. The Morgan fingerprint density at radius 2 is 1.59 bits per heavy atom. The second kappa shape index (κ2) is 10.8. The van der Waals surface area contributed by atoms with Gasteiger partial charge in [0.1, 0.15) is 12.6 Å². The van der Waals surface area contributed by atoms with Crippen LogP contribution in [0.2, 0.25) is 0 Å². The van der Waals surface area contributed by atoms with Gasteiger partial charge in [0.25, 0.3) is 0 Å². The minimum Gasteiger partial charge on any atom is -0.480 e. The van der Waals surface area contributed by atoms with Gasteiger partial charge in [-0.3, -0.25) is 9.59 Å². The second-order valence-electron chi connectivity index (χ2n) is 8.14. The van der Waals surface area contributed by atoms with Gasteiger partial charge in [-0.05, 0) is 35.6 Å². The summed E-state index contributed by atoms with van der Waals surface area (Å²) in [7, 11) is 0. The highest BCUT2D eigenvalue weighted by Crippen LogP contribution is 2.44. The fraction of sp³-hybridized carbons (Fsp3) is 0.400. The van der Waals surface area contributed by atoms with Gasteiger partial charge >= 0.3 is 12.1 Å². The predicted octanol–water partition coefficient (Wildman–Crippen LogP) is 4.06. The van der Waals surface area contributed by atoms with Crippen molar-refractivity contribution in [3.63, 3.8) is 0 Å². The first-order valence-corrected chi connectivity index (χ1v) is 11.0. The number of aliphatic carboxylic acids is 1. The summed E-state index contributed by atoms with van der Waals surface area (Å²) in [5.41, 5.74) is 4.57. The smallest absolute Gasteiger partial charge is 0.407 e. The Balaban J connectivity index is 1.60. The molecule has 0 saturated heterocycles. The number of unbranched alkanes of at least 4 members (excludes halogenated alkanes) is 1. The summed E-state index contributed by atoms with van der Waals surface area (Å²) < 4.78 is 5.58. The van der Waals surface area contributed by atoms with E-state index >= 15 is 0 Å². The van der Waals surface area contributed by atoms with Crippen LogP contribution in [0.25, 0.3) is 11.1 Å². The number of hydrogen-bond acceptors (Lipinski definition) is 4. The Kier molecular flexibility index (Phi) is 7.87. The summed E-state index contributed by atoms with van der Waals surface area (Å²) in [6, 6.07) is 14.8. The molecule has 170 valence electrons. The molecule has 2 atom stereocenters. The average Bonchev–Trinajstić information content (AvgIpc) is 3.09. The van der Waals surface area contributed by atoms with E-state index in [-0.39, 0.29) is 18.9 Å². The molecule has 0 bridgehead atoms. The van der Waals surface area contributed by atoms with Crippen LogP contribution in [0.4, 0.5) is 4.79 Å². The summed E-state index contributed by atoms with van der Waals surface area (Å²) in [5, 5.41) is 14.2. The van der Waals surface area contributed by atoms with Crippen LogP contribution >= 0.6 is 0 Å². The number of carbonyl (C=O) groups excluding carboxylic acids is 2. The van der Waals surface area contributed by atoms with Crippen molar-refractivity contribution < 1.29 is 24.2 Å². The number of carboxylic acid groups (broad SMARTS) is 1. The van der Waals surface area contributed by atoms with Crippen LogP contribution in [0, 0.1) is 0 Å². The molecule has 2 aromatic rings. The van der Waals surface area contributed by atoms with Crippen molar-refractivity contribution in [2.45, 2.75) is 57.5 Å². The number of carbonyl (C=O) groups is 3. The van der Waals surface area contributed by atoms with Gasteiger partial charge in [-0.25, -0.2) is 4.79 Å². The second-order valence-corrected chi connectivity index (χ2v) is 8.14. The minimum atomic E-state index is -1.10. The van der Waals surface area contributed by atoms with E-state index in [1.807, 2.05) is 31.2 Å². The molecule has 2 aromatic carbocycles. The van der Waals surface area contributed by atoms with Gasteiger partial charge in [0.15, 0.2) is 0 Å². The van der Waals surface area contributed by atoms with E-state index < -0.39 is 30.1 Å². The first-order chi connectivity index (χ1) is 15.4. The lowest BCUT2D eigenvalue weighted by molar-refractivity contribution is -0.141. The normalized spacial score (nSPS) is 14.1. The Morgan fingerprint density at radius 3 is 2.16 bits per heavy atom. The molecule has 7 heteroatoms. The third-order valence-electron chi connectivity index (χ3n) is 5.75. The van der Waals surface area contributed by atoms with Gasteiger partial charge in [0.2, 0.25) is 5.91 Å². The number of benzene rings is 2. The van der Waals surface area contributed by atoms with Gasteiger partial charge in [-0.15, -0.1) is 0 Å². The van der Waals surface area contributed by atoms with E-state index in [0.29, 0.717) is 6.42 Å². The first-order valence-electron chi connectivity index (χ1n) is 11.0. The van der Waals surface area contributed by atoms with Crippen molar-refractivity contribution in [3.05, 3.63) is 59.7 Å². The molecular formula is C25H30N2O5. The van der Waals surface area contributed by atoms with Crippen molar-refractivity contribution in [2.24, 2.45) is 0 Å². The maximum absolute atomic E-state index is 12.6. The number of alkyl carbamates (subject to hydrolysis) is 1. The number of ether oxygens (including phenoxy) is 1. The lowest BCUT2D eigenvalue weighted by Gasteiger charge is -2.20. The number of fused-ring (bicyclic) bond motifs is 3. The predicted molar refractivity (Wildman–Crippen MR) is 121 cm³/mol. The van der Waals surface area contributed by atoms with Crippen molar-refractivity contribution >= 4 is 18.0 Å². The molecule has 0 spiro atoms. The van der Waals surface area contributed by atoms with Gasteiger partial charge in [-0.2, -0.15) is 0 Å². The third kappa shape index (κ3) is 5.66. The minimum absolute atomic E-state index is 0.00180. The maximum Gasteiger partial charge on any atom is 0.407 e. The Labute approximate surface area is 188 Å². The van der Waals surface area contributed by atoms with E-state index in [9.17, 15) is 14.4 Å². The molecule has 32 heavy (non-hydrogen) atoms. The average molecular weight is 439 g/mol. The van der Waals surface area contributed by atoms with Crippen molar-refractivity contribution in [3.8, 4) is 11.1 Å². The van der Waals surface area contributed by atoms with Crippen molar-refractivity contribution in [1.29, 1.82) is 0 Å². The molecule has 0 fully saturated rings. The summed E-state index contributed by atoms with van der Waals surface area (Å²) in [6.07, 6.45) is 1.77. The van der Waals surface area contributed by atoms with Crippen LogP contribution in [0.5, 0.6) is 0 Å². The van der Waals surface area contributed by atoms with E-state index in [1.54, 1.807) is 0 Å². The summed E-state index contributed by atoms with van der Waals surface area (Å²) in [5.74, 6) is -1.56. The molecule has 0 aliphatic heterocycles. The van der Waals surface area contributed by atoms with E-state index in [0.717, 1.165) is 35.1 Å². The highest BCUT2D eigenvalue weighted by atomic mass is 16.5. The zero-order valence-electron chi connectivity index (χ0n) is 18.5. The topological polar surface area (TPSA) is 105 Å². The number of rotatable bonds is 10. The zero-order valence-corrected chi connectivity index (χ0v) is 18.5. The van der Waals surface area contributed by atoms with Crippen LogP contribution in [-0.4, -0.2) is 41.8 Å². The molecule has 3 N–H and O–H groups in total. The molecule has 0 saturated carbocycles. The standard InChI is InChI=1S/C25H30N2O5/c1-3-4-9-17(14-23(28)26-16(2)24(29)30)27-25(31)32-15-22-20-12-7-5-10-18(20)19-11-6-8-13-21(19)22/h5-8,10-13,16-17,22H,3-4,9,14-15H2,1-2H3,(H,26,28)(H,27,31)(H,29,30)/t16-,17-/m1/s1. The van der Waals surface area contributed by atoms with Crippen molar-refractivity contribution in [1.82, 2.24) is 10.6 Å². The molecule has 7 nitrogen and oxygen atoms in total. The lowest BCUT2D eigenvalue weighted by Crippen LogP contribution is -2.43. The zero-order chi connectivity index (χ0) is 23.1. The molecule has 1 aliphatic rings. The largest absolute Gasteiger partial charge is 0.480 e. The lowest BCUT2D eigenvalue weighted by atomic mass is 9.98. The van der Waals surface area contributed by atoms with Crippen LogP contribution in [0.3, 0.4) is 0 Å². The molecule has 0 unspecified atom stereocenters. The molecule has 0 aromatic heterocycles. The summed E-state index contributed by atoms with van der Waals surface area (Å²) in [6.45, 7) is 3.62. The third-order valence-corrected chi connectivity index (χ3v) is 5.75. The van der Waals surface area contributed by atoms with E-state index in [1.165, 1.54) is 6.92 Å². The Bertz CT molecular complexity index is 929. The summed E-state index contributed by atoms with van der Waals surface area (Å²) in [4.78, 5) is 35.7. The SMILES string of the molecule is CCCC[C@H](CC(=O)N[C@H](C)C(=O)O)NC(=O)OCC1c2ccccc2-c2ccccc21. The fourth-order valence-electron chi connectivity index (χ4n) is 4.07. The van der Waals surface area contributed by atoms with Gasteiger partial charge in [-0.1, -0.05) is 68.3 Å². The maximum atomic E-state index is 12.6. The Hall–Kier alpha value is -3.35. The quantitative estimate of drug-likeness (QED) is 0.519. The number of carboxylic acids is 1. The van der Waals surface area contributed by atoms with Crippen molar-refractivity contribution in [2.75, 3.05) is 6.61 Å². The van der Waals surface area contributed by atoms with Gasteiger partial charge in [0.05, 0.1) is 0 Å². The van der Waals surface area contributed by atoms with E-state index in [2.05, 4.69) is 34.9 Å². The Morgan fingerprint density at radius 1 is 1.00 bits per heavy atom. The molecule has 0 radical (unpaired) electrons. The van der Waals surface area contributed by atoms with Crippen LogP contribution in [-0.2, 0) is 14.3 Å².